The number of likely N-dealkylation sites (tertiary alicyclic amines) is 2. The van der Waals surface area contributed by atoms with Crippen LogP contribution in [0.25, 0.3) is 0 Å². The van der Waals surface area contributed by atoms with Crippen LogP contribution in [0.5, 0.6) is 0 Å². The van der Waals surface area contributed by atoms with Crippen LogP contribution in [0.3, 0.4) is 0 Å². The molecule has 6 heteroatoms. The number of pyridine rings is 1. The van der Waals surface area contributed by atoms with Gasteiger partial charge in [0.05, 0.1) is 5.92 Å². The molecule has 28 heavy (non-hydrogen) atoms. The van der Waals surface area contributed by atoms with Crippen LogP contribution in [0.1, 0.15) is 44.1 Å². The maximum Gasteiger partial charge on any atom is 0.224 e. The molecule has 1 atom stereocenters. The molecule has 3 aliphatic heterocycles. The molecule has 1 amide bonds. The topological polar surface area (TPSA) is 60.5 Å². The Morgan fingerprint density at radius 3 is 2.71 bits per heavy atom. The smallest absolute Gasteiger partial charge is 0.224 e. The molecule has 6 nitrogen and oxygen atoms in total. The molecule has 3 saturated heterocycles. The summed E-state index contributed by atoms with van der Waals surface area (Å²) in [6.07, 6.45) is 10.6. The molecule has 0 aliphatic carbocycles. The Kier molecular flexibility index (Phi) is 6.94. The van der Waals surface area contributed by atoms with Gasteiger partial charge < -0.3 is 10.6 Å². The Morgan fingerprint density at radius 1 is 1.14 bits per heavy atom. The molecular weight excluding hydrogens is 350 g/mol. The zero-order valence-electron chi connectivity index (χ0n) is 17.0. The van der Waals surface area contributed by atoms with E-state index >= 15 is 0 Å². The highest BCUT2D eigenvalue weighted by atomic mass is 16.2. The Labute approximate surface area is 169 Å². The average Bonchev–Trinajstić information content (AvgIpc) is 2.76. The van der Waals surface area contributed by atoms with E-state index in [0.29, 0.717) is 18.0 Å². The first-order chi connectivity index (χ1) is 13.8. The second-order valence-corrected chi connectivity index (χ2v) is 8.74. The third kappa shape index (κ3) is 5.31. The number of rotatable bonds is 5. The van der Waals surface area contributed by atoms with Crippen LogP contribution in [-0.2, 0) is 11.3 Å². The number of hydrogen-bond acceptors (Lipinski definition) is 5. The number of nitrogens with one attached hydrogen (secondary N) is 2. The number of carbonyl (C=O) groups is 1. The number of aromatic nitrogens is 1. The van der Waals surface area contributed by atoms with Crippen molar-refractivity contribution in [2.24, 2.45) is 5.92 Å². The van der Waals surface area contributed by atoms with Gasteiger partial charge in [-0.25, -0.2) is 0 Å². The summed E-state index contributed by atoms with van der Waals surface area (Å²) < 4.78 is 0. The van der Waals surface area contributed by atoms with Gasteiger partial charge in [-0.2, -0.15) is 0 Å². The molecule has 4 rings (SSSR count). The molecule has 0 spiro atoms. The van der Waals surface area contributed by atoms with Gasteiger partial charge in [0.1, 0.15) is 0 Å². The molecule has 4 heterocycles. The van der Waals surface area contributed by atoms with Crippen molar-refractivity contribution in [1.29, 1.82) is 0 Å². The van der Waals surface area contributed by atoms with E-state index in [0.717, 1.165) is 71.5 Å². The largest absolute Gasteiger partial charge is 0.353 e. The van der Waals surface area contributed by atoms with Gasteiger partial charge in [0, 0.05) is 37.6 Å². The standard InChI is InChI=1S/C22H35N5O/c28-22(25-20-5-10-23-11-6-20)19-4-2-12-27(17-19)21-7-13-26(14-8-21)16-18-3-1-9-24-15-18/h1,3,9,15,19-21,23H,2,4-8,10-14,16-17H2,(H,25,28)/t19-/m0/s1. The SMILES string of the molecule is O=C(NC1CCNCC1)[C@H]1CCCN(C2CCN(Cc3cccnc3)CC2)C1. The van der Waals surface area contributed by atoms with Gasteiger partial charge in [0.2, 0.25) is 5.91 Å². The maximum absolute atomic E-state index is 12.8. The summed E-state index contributed by atoms with van der Waals surface area (Å²) in [6, 6.07) is 5.19. The summed E-state index contributed by atoms with van der Waals surface area (Å²) in [5, 5.41) is 6.70. The van der Waals surface area contributed by atoms with E-state index in [4.69, 9.17) is 0 Å². The fourth-order valence-electron chi connectivity index (χ4n) is 5.03. The van der Waals surface area contributed by atoms with E-state index < -0.39 is 0 Å². The van der Waals surface area contributed by atoms with Gasteiger partial charge >= 0.3 is 0 Å². The Balaban J connectivity index is 1.23. The molecular formula is C22H35N5O. The Morgan fingerprint density at radius 2 is 1.96 bits per heavy atom. The lowest BCUT2D eigenvalue weighted by Gasteiger charge is -2.42. The van der Waals surface area contributed by atoms with E-state index in [9.17, 15) is 4.79 Å². The number of piperidine rings is 3. The predicted octanol–water partition coefficient (Wildman–Crippen LogP) is 1.63. The highest BCUT2D eigenvalue weighted by molar-refractivity contribution is 5.79. The molecule has 1 aromatic heterocycles. The van der Waals surface area contributed by atoms with Crippen LogP contribution >= 0.6 is 0 Å². The highest BCUT2D eigenvalue weighted by Gasteiger charge is 2.32. The molecule has 0 bridgehead atoms. The van der Waals surface area contributed by atoms with Gasteiger partial charge in [0.15, 0.2) is 0 Å². The van der Waals surface area contributed by atoms with Crippen LogP contribution < -0.4 is 10.6 Å². The van der Waals surface area contributed by atoms with Crippen molar-refractivity contribution >= 4 is 5.91 Å². The second-order valence-electron chi connectivity index (χ2n) is 8.74. The van der Waals surface area contributed by atoms with E-state index in [1.54, 1.807) is 0 Å². The van der Waals surface area contributed by atoms with Crippen molar-refractivity contribution in [2.75, 3.05) is 39.3 Å². The minimum atomic E-state index is 0.178. The number of nitrogens with zero attached hydrogens (tertiary/aromatic N) is 3. The minimum absolute atomic E-state index is 0.178. The zero-order valence-corrected chi connectivity index (χ0v) is 17.0. The van der Waals surface area contributed by atoms with Crippen LogP contribution in [-0.4, -0.2) is 72.0 Å². The molecule has 2 N–H and O–H groups in total. The Bertz CT molecular complexity index is 611. The molecule has 154 valence electrons. The Hall–Kier alpha value is -1.50. The van der Waals surface area contributed by atoms with Crippen molar-refractivity contribution in [3.63, 3.8) is 0 Å². The van der Waals surface area contributed by atoms with Crippen LogP contribution in [0, 0.1) is 5.92 Å². The number of amides is 1. The summed E-state index contributed by atoms with van der Waals surface area (Å²) >= 11 is 0. The molecule has 3 fully saturated rings. The predicted molar refractivity (Wildman–Crippen MR) is 111 cm³/mol. The number of carbonyl (C=O) groups excluding carboxylic acids is 1. The molecule has 0 radical (unpaired) electrons. The van der Waals surface area contributed by atoms with E-state index in [2.05, 4.69) is 31.5 Å². The number of hydrogen-bond donors (Lipinski definition) is 2. The third-order valence-electron chi connectivity index (χ3n) is 6.71. The summed E-state index contributed by atoms with van der Waals surface area (Å²) in [5.41, 5.74) is 1.30. The van der Waals surface area contributed by atoms with E-state index in [-0.39, 0.29) is 5.92 Å². The van der Waals surface area contributed by atoms with Crippen LogP contribution in [0.4, 0.5) is 0 Å². The summed E-state index contributed by atoms with van der Waals surface area (Å²) in [5.74, 6) is 0.475. The summed E-state index contributed by atoms with van der Waals surface area (Å²) in [6.45, 7) is 7.44. The van der Waals surface area contributed by atoms with Crippen molar-refractivity contribution in [1.82, 2.24) is 25.4 Å². The van der Waals surface area contributed by atoms with Crippen molar-refractivity contribution in [3.05, 3.63) is 30.1 Å². The third-order valence-corrected chi connectivity index (χ3v) is 6.71. The summed E-state index contributed by atoms with van der Waals surface area (Å²) in [4.78, 5) is 22.2. The van der Waals surface area contributed by atoms with Gasteiger partial charge in [-0.15, -0.1) is 0 Å². The molecule has 0 aromatic carbocycles. The normalized spacial score (nSPS) is 26.2. The van der Waals surface area contributed by atoms with E-state index in [1.165, 1.54) is 18.4 Å². The van der Waals surface area contributed by atoms with Crippen molar-refractivity contribution < 1.29 is 4.79 Å². The fourth-order valence-corrected chi connectivity index (χ4v) is 5.03. The average molecular weight is 386 g/mol. The monoisotopic (exact) mass is 385 g/mol. The first-order valence-electron chi connectivity index (χ1n) is 11.1. The zero-order chi connectivity index (χ0) is 19.2. The lowest BCUT2D eigenvalue weighted by molar-refractivity contribution is -0.128. The van der Waals surface area contributed by atoms with Gasteiger partial charge in [-0.3, -0.25) is 19.6 Å². The van der Waals surface area contributed by atoms with Gasteiger partial charge in [-0.05, 0) is 82.9 Å². The highest BCUT2D eigenvalue weighted by Crippen LogP contribution is 2.25. The first kappa shape index (κ1) is 19.8. The lowest BCUT2D eigenvalue weighted by Crippen LogP contribution is -2.52. The van der Waals surface area contributed by atoms with Crippen LogP contribution in [0.15, 0.2) is 24.5 Å². The maximum atomic E-state index is 12.8. The molecule has 3 aliphatic rings. The molecule has 0 unspecified atom stereocenters. The van der Waals surface area contributed by atoms with Gasteiger partial charge in [0.25, 0.3) is 0 Å². The summed E-state index contributed by atoms with van der Waals surface area (Å²) in [7, 11) is 0. The molecule has 0 saturated carbocycles. The van der Waals surface area contributed by atoms with Gasteiger partial charge in [-0.1, -0.05) is 6.07 Å². The molecule has 1 aromatic rings. The first-order valence-corrected chi connectivity index (χ1v) is 11.1. The van der Waals surface area contributed by atoms with E-state index in [1.807, 2.05) is 18.5 Å². The second kappa shape index (κ2) is 9.81. The quantitative estimate of drug-likeness (QED) is 0.807. The van der Waals surface area contributed by atoms with Crippen LogP contribution in [0.2, 0.25) is 0 Å². The lowest BCUT2D eigenvalue weighted by atomic mass is 9.92. The fraction of sp³-hybridized carbons (Fsp3) is 0.727. The van der Waals surface area contributed by atoms with Crippen molar-refractivity contribution in [3.8, 4) is 0 Å². The van der Waals surface area contributed by atoms with Crippen molar-refractivity contribution in [2.45, 2.75) is 57.2 Å². The minimum Gasteiger partial charge on any atom is -0.353 e.